The number of hydrogen-bond donors (Lipinski definition) is 1. The molecule has 1 N–H and O–H groups in total. The summed E-state index contributed by atoms with van der Waals surface area (Å²) in [5.41, 5.74) is 4.14. The first-order valence-corrected chi connectivity index (χ1v) is 8.30. The molecule has 26 heavy (non-hydrogen) atoms. The number of hydrogen-bond acceptors (Lipinski definition) is 5. The number of aryl methyl sites for hydroxylation is 1. The minimum atomic E-state index is -0.122. The van der Waals surface area contributed by atoms with Gasteiger partial charge in [-0.1, -0.05) is 42.0 Å². The number of aromatic nitrogens is 3. The molecule has 0 unspecified atom stereocenters. The van der Waals surface area contributed by atoms with Crippen LogP contribution in [0.2, 0.25) is 0 Å². The van der Waals surface area contributed by atoms with Gasteiger partial charge in [0.2, 0.25) is 5.88 Å². The first-order chi connectivity index (χ1) is 12.7. The molecule has 128 valence electrons. The predicted molar refractivity (Wildman–Crippen MR) is 99.5 cm³/mol. The second-order valence-electron chi connectivity index (χ2n) is 6.14. The zero-order valence-corrected chi connectivity index (χ0v) is 14.3. The maximum Gasteiger partial charge on any atom is 0.325 e. The molecule has 0 radical (unpaired) electrons. The Hall–Kier alpha value is -3.47. The summed E-state index contributed by atoms with van der Waals surface area (Å²) in [7, 11) is 0. The molecule has 2 aromatic heterocycles. The number of aromatic hydroxyl groups is 1. The predicted octanol–water partition coefficient (Wildman–Crippen LogP) is 4.42. The third-order valence-corrected chi connectivity index (χ3v) is 4.06. The zero-order valence-electron chi connectivity index (χ0n) is 14.3. The van der Waals surface area contributed by atoms with E-state index in [0.29, 0.717) is 16.7 Å². The normalized spacial score (nSPS) is 10.8. The van der Waals surface area contributed by atoms with E-state index in [1.807, 2.05) is 18.2 Å². The van der Waals surface area contributed by atoms with E-state index in [1.54, 1.807) is 18.5 Å². The average Bonchev–Trinajstić information content (AvgIpc) is 2.62. The van der Waals surface area contributed by atoms with Crippen molar-refractivity contribution in [2.45, 2.75) is 13.3 Å². The second-order valence-corrected chi connectivity index (χ2v) is 6.14. The fraction of sp³-hybridized carbons (Fsp3) is 0.0952. The standard InChI is InChI=1S/C21H17N3O2/c1-14-4-2-5-15(10-14)11-16-6-3-7-17(12-16)26-21-23-19-13-22-9-8-18(19)20(25)24-21/h2-10,12-13H,11H2,1H3,(H,23,24,25). The summed E-state index contributed by atoms with van der Waals surface area (Å²) in [5.74, 6) is 0.501. The lowest BCUT2D eigenvalue weighted by molar-refractivity contribution is 0.411. The van der Waals surface area contributed by atoms with Gasteiger partial charge < -0.3 is 9.84 Å². The molecule has 2 aromatic carbocycles. The highest BCUT2D eigenvalue weighted by molar-refractivity contribution is 5.82. The highest BCUT2D eigenvalue weighted by Gasteiger charge is 2.09. The second kappa shape index (κ2) is 6.80. The molecule has 4 aromatic rings. The van der Waals surface area contributed by atoms with Crippen LogP contribution in [0.25, 0.3) is 10.9 Å². The van der Waals surface area contributed by atoms with Gasteiger partial charge in [-0.3, -0.25) is 4.98 Å². The van der Waals surface area contributed by atoms with Gasteiger partial charge in [-0.05, 0) is 42.7 Å². The van der Waals surface area contributed by atoms with Crippen molar-refractivity contribution in [1.29, 1.82) is 0 Å². The van der Waals surface area contributed by atoms with Gasteiger partial charge in [-0.15, -0.1) is 0 Å². The number of ether oxygens (including phenoxy) is 1. The molecule has 0 saturated heterocycles. The SMILES string of the molecule is Cc1cccc(Cc2cccc(Oc3nc(O)c4ccncc4n3)c2)c1. The number of rotatable bonds is 4. The molecule has 0 fully saturated rings. The smallest absolute Gasteiger partial charge is 0.325 e. The average molecular weight is 343 g/mol. The molecular weight excluding hydrogens is 326 g/mol. The van der Waals surface area contributed by atoms with Crippen molar-refractivity contribution in [1.82, 2.24) is 15.0 Å². The van der Waals surface area contributed by atoms with Gasteiger partial charge in [0.25, 0.3) is 0 Å². The molecule has 5 nitrogen and oxygen atoms in total. The van der Waals surface area contributed by atoms with Crippen LogP contribution in [0.5, 0.6) is 17.6 Å². The van der Waals surface area contributed by atoms with Crippen LogP contribution >= 0.6 is 0 Å². The van der Waals surface area contributed by atoms with E-state index in [4.69, 9.17) is 4.74 Å². The molecule has 0 atom stereocenters. The van der Waals surface area contributed by atoms with Crippen molar-refractivity contribution < 1.29 is 9.84 Å². The van der Waals surface area contributed by atoms with Crippen molar-refractivity contribution in [3.63, 3.8) is 0 Å². The van der Waals surface area contributed by atoms with E-state index >= 15 is 0 Å². The summed E-state index contributed by atoms with van der Waals surface area (Å²) < 4.78 is 5.76. The van der Waals surface area contributed by atoms with Crippen LogP contribution in [-0.2, 0) is 6.42 Å². The summed E-state index contributed by atoms with van der Waals surface area (Å²) in [5, 5.41) is 10.6. The molecule has 0 aliphatic carbocycles. The Balaban J connectivity index is 1.59. The van der Waals surface area contributed by atoms with Crippen LogP contribution in [-0.4, -0.2) is 20.1 Å². The molecule has 0 bridgehead atoms. The number of nitrogens with zero attached hydrogens (tertiary/aromatic N) is 3. The fourth-order valence-electron chi connectivity index (χ4n) is 2.87. The van der Waals surface area contributed by atoms with Gasteiger partial charge in [-0.2, -0.15) is 9.97 Å². The molecular formula is C21H17N3O2. The Morgan fingerprint density at radius 2 is 1.77 bits per heavy atom. The van der Waals surface area contributed by atoms with Crippen LogP contribution in [0, 0.1) is 6.92 Å². The van der Waals surface area contributed by atoms with Gasteiger partial charge in [0.1, 0.15) is 5.75 Å². The molecule has 0 spiro atoms. The quantitative estimate of drug-likeness (QED) is 0.594. The first-order valence-electron chi connectivity index (χ1n) is 8.30. The summed E-state index contributed by atoms with van der Waals surface area (Å²) in [6.45, 7) is 2.08. The van der Waals surface area contributed by atoms with Crippen LogP contribution in [0.3, 0.4) is 0 Å². The van der Waals surface area contributed by atoms with Crippen molar-refractivity contribution in [2.24, 2.45) is 0 Å². The summed E-state index contributed by atoms with van der Waals surface area (Å²) in [6, 6.07) is 18.0. The van der Waals surface area contributed by atoms with E-state index in [1.165, 1.54) is 11.1 Å². The largest absolute Gasteiger partial charge is 0.493 e. The monoisotopic (exact) mass is 343 g/mol. The lowest BCUT2D eigenvalue weighted by atomic mass is 10.0. The molecule has 0 aliphatic heterocycles. The maximum absolute atomic E-state index is 10.0. The topological polar surface area (TPSA) is 68.1 Å². The Morgan fingerprint density at radius 3 is 2.62 bits per heavy atom. The minimum absolute atomic E-state index is 0.0932. The number of fused-ring (bicyclic) bond motifs is 1. The van der Waals surface area contributed by atoms with Gasteiger partial charge in [0.15, 0.2) is 0 Å². The molecule has 0 saturated carbocycles. The van der Waals surface area contributed by atoms with Crippen LogP contribution < -0.4 is 4.74 Å². The van der Waals surface area contributed by atoms with E-state index in [-0.39, 0.29) is 11.9 Å². The Bertz CT molecular complexity index is 1080. The third-order valence-electron chi connectivity index (χ3n) is 4.06. The van der Waals surface area contributed by atoms with Crippen molar-refractivity contribution in [2.75, 3.05) is 0 Å². The summed E-state index contributed by atoms with van der Waals surface area (Å²) in [6.07, 6.45) is 3.96. The molecule has 2 heterocycles. The van der Waals surface area contributed by atoms with Crippen LogP contribution in [0.4, 0.5) is 0 Å². The number of pyridine rings is 1. The molecule has 4 rings (SSSR count). The summed E-state index contributed by atoms with van der Waals surface area (Å²) >= 11 is 0. The highest BCUT2D eigenvalue weighted by Crippen LogP contribution is 2.26. The van der Waals surface area contributed by atoms with E-state index in [0.717, 1.165) is 12.0 Å². The Morgan fingerprint density at radius 1 is 0.962 bits per heavy atom. The van der Waals surface area contributed by atoms with Crippen LogP contribution in [0.15, 0.2) is 67.0 Å². The Labute approximate surface area is 151 Å². The molecule has 0 amide bonds. The van der Waals surface area contributed by atoms with Crippen molar-refractivity contribution >= 4 is 10.9 Å². The first kappa shape index (κ1) is 16.0. The summed E-state index contributed by atoms with van der Waals surface area (Å²) in [4.78, 5) is 12.3. The van der Waals surface area contributed by atoms with Gasteiger partial charge in [-0.25, -0.2) is 0 Å². The van der Waals surface area contributed by atoms with Gasteiger partial charge >= 0.3 is 6.01 Å². The van der Waals surface area contributed by atoms with Crippen molar-refractivity contribution in [3.8, 4) is 17.6 Å². The van der Waals surface area contributed by atoms with E-state index in [9.17, 15) is 5.11 Å². The van der Waals surface area contributed by atoms with Crippen LogP contribution in [0.1, 0.15) is 16.7 Å². The van der Waals surface area contributed by atoms with E-state index in [2.05, 4.69) is 52.2 Å². The Kier molecular flexibility index (Phi) is 4.19. The van der Waals surface area contributed by atoms with Crippen molar-refractivity contribution in [3.05, 3.63) is 83.7 Å². The molecule has 5 heteroatoms. The van der Waals surface area contributed by atoms with E-state index < -0.39 is 0 Å². The number of benzene rings is 2. The minimum Gasteiger partial charge on any atom is -0.493 e. The lowest BCUT2D eigenvalue weighted by Crippen LogP contribution is -1.95. The zero-order chi connectivity index (χ0) is 17.9. The van der Waals surface area contributed by atoms with Gasteiger partial charge in [0.05, 0.1) is 17.1 Å². The third kappa shape index (κ3) is 3.47. The highest BCUT2D eigenvalue weighted by atomic mass is 16.5. The van der Waals surface area contributed by atoms with Gasteiger partial charge in [0, 0.05) is 6.20 Å². The molecule has 0 aliphatic rings. The fourth-order valence-corrected chi connectivity index (χ4v) is 2.87. The lowest BCUT2D eigenvalue weighted by Gasteiger charge is -2.08. The maximum atomic E-state index is 10.0.